The largest absolute Gasteiger partial charge is 0.444 e. The number of aromatic nitrogens is 2. The minimum atomic E-state index is -0.670. The Morgan fingerprint density at radius 3 is 2.29 bits per heavy atom. The maximum Gasteiger partial charge on any atom is 0.412 e. The van der Waals surface area contributed by atoms with E-state index in [2.05, 4.69) is 15.5 Å². The van der Waals surface area contributed by atoms with Crippen molar-refractivity contribution in [3.05, 3.63) is 69.6 Å². The number of hydrogen-bond donors (Lipinski definition) is 2. The number of amides is 3. The van der Waals surface area contributed by atoms with Crippen molar-refractivity contribution in [2.24, 2.45) is 0 Å². The van der Waals surface area contributed by atoms with Gasteiger partial charge in [-0.3, -0.25) is 24.6 Å². The fraction of sp³-hybridized carbons (Fsp3) is 0.227. The summed E-state index contributed by atoms with van der Waals surface area (Å²) in [6.07, 6.45) is -0.647. The molecule has 31 heavy (non-hydrogen) atoms. The fourth-order valence-corrected chi connectivity index (χ4v) is 3.37. The number of ether oxygens (including phenoxy) is 1. The van der Waals surface area contributed by atoms with Crippen molar-refractivity contribution in [3.8, 4) is 0 Å². The summed E-state index contributed by atoms with van der Waals surface area (Å²) in [5.41, 5.74) is 0.262. The molecule has 1 aromatic heterocycles. The molecule has 9 heteroatoms. The molecule has 0 fully saturated rings. The maximum atomic E-state index is 12.7. The highest BCUT2D eigenvalue weighted by Gasteiger charge is 2.35. The quantitative estimate of drug-likeness (QED) is 0.628. The fourth-order valence-electron chi connectivity index (χ4n) is 3.37. The molecular formula is C22H20N4O5. The van der Waals surface area contributed by atoms with Crippen LogP contribution in [0.15, 0.2) is 47.3 Å². The molecule has 3 aromatic rings. The van der Waals surface area contributed by atoms with E-state index in [1.165, 1.54) is 6.07 Å². The number of rotatable bonds is 3. The lowest BCUT2D eigenvalue weighted by Gasteiger charge is -2.20. The number of imide groups is 1. The minimum absolute atomic E-state index is 0.129. The van der Waals surface area contributed by atoms with Gasteiger partial charge in [0, 0.05) is 11.1 Å². The molecule has 0 radical (unpaired) electrons. The first-order chi connectivity index (χ1) is 14.6. The van der Waals surface area contributed by atoms with Gasteiger partial charge >= 0.3 is 6.09 Å². The van der Waals surface area contributed by atoms with Crippen molar-refractivity contribution in [2.45, 2.75) is 32.9 Å². The molecule has 1 aliphatic heterocycles. The van der Waals surface area contributed by atoms with Crippen LogP contribution in [0.5, 0.6) is 0 Å². The van der Waals surface area contributed by atoms with Crippen molar-refractivity contribution < 1.29 is 19.1 Å². The van der Waals surface area contributed by atoms with Crippen LogP contribution in [0.4, 0.5) is 10.5 Å². The second-order valence-electron chi connectivity index (χ2n) is 8.13. The predicted molar refractivity (Wildman–Crippen MR) is 113 cm³/mol. The molecule has 158 valence electrons. The molecule has 0 saturated carbocycles. The van der Waals surface area contributed by atoms with Crippen LogP contribution < -0.4 is 10.9 Å². The van der Waals surface area contributed by atoms with Crippen molar-refractivity contribution in [3.63, 3.8) is 0 Å². The van der Waals surface area contributed by atoms with Gasteiger partial charge in [0.15, 0.2) is 0 Å². The topological polar surface area (TPSA) is 121 Å². The number of H-pyrrole nitrogens is 1. The lowest BCUT2D eigenvalue weighted by atomic mass is 10.1. The van der Waals surface area contributed by atoms with Crippen molar-refractivity contribution >= 4 is 34.4 Å². The third-order valence-corrected chi connectivity index (χ3v) is 4.70. The number of benzene rings is 2. The Hall–Kier alpha value is -4.01. The number of fused-ring (bicyclic) bond motifs is 2. The zero-order chi connectivity index (χ0) is 22.3. The van der Waals surface area contributed by atoms with E-state index in [4.69, 9.17) is 4.74 Å². The second kappa shape index (κ2) is 7.35. The van der Waals surface area contributed by atoms with Crippen LogP contribution in [-0.4, -0.2) is 38.6 Å². The van der Waals surface area contributed by atoms with Gasteiger partial charge in [0.25, 0.3) is 17.4 Å². The summed E-state index contributed by atoms with van der Waals surface area (Å²) in [6, 6.07) is 11.2. The van der Waals surface area contributed by atoms with Gasteiger partial charge in [-0.05, 0) is 51.1 Å². The Morgan fingerprint density at radius 1 is 1.03 bits per heavy atom. The van der Waals surface area contributed by atoms with Crippen molar-refractivity contribution in [1.29, 1.82) is 0 Å². The lowest BCUT2D eigenvalue weighted by molar-refractivity contribution is 0.0625. The Labute approximate surface area is 177 Å². The van der Waals surface area contributed by atoms with E-state index < -0.39 is 29.1 Å². The number of nitrogens with zero attached hydrogens (tertiary/aromatic N) is 2. The SMILES string of the molecule is CC(C)(C)OC(=O)Nc1ccc2c(=O)[nH]nc(CN3C(=O)c4ccccc4C3=O)c2c1. The third kappa shape index (κ3) is 3.89. The summed E-state index contributed by atoms with van der Waals surface area (Å²) >= 11 is 0. The standard InChI is InChI=1S/C22H20N4O5/c1-22(2,3)31-21(30)23-12-8-9-13-16(10-12)17(24-25-18(13)27)11-26-19(28)14-6-4-5-7-15(14)20(26)29/h4-10H,11H2,1-3H3,(H,23,30)(H,25,27). The first kappa shape index (κ1) is 20.3. The van der Waals surface area contributed by atoms with Gasteiger partial charge in [-0.25, -0.2) is 9.89 Å². The maximum absolute atomic E-state index is 12.7. The summed E-state index contributed by atoms with van der Waals surface area (Å²) in [5, 5.41) is 9.79. The van der Waals surface area contributed by atoms with Gasteiger partial charge < -0.3 is 4.74 Å². The van der Waals surface area contributed by atoms with Gasteiger partial charge in [0.05, 0.1) is 28.8 Å². The van der Waals surface area contributed by atoms with Crippen molar-refractivity contribution in [2.75, 3.05) is 5.32 Å². The van der Waals surface area contributed by atoms with E-state index >= 15 is 0 Å². The first-order valence-corrected chi connectivity index (χ1v) is 9.60. The number of carbonyl (C=O) groups is 3. The molecule has 0 spiro atoms. The summed E-state index contributed by atoms with van der Waals surface area (Å²) in [6.45, 7) is 5.11. The molecule has 2 N–H and O–H groups in total. The zero-order valence-electron chi connectivity index (χ0n) is 17.2. The van der Waals surface area contributed by atoms with E-state index in [0.29, 0.717) is 33.3 Å². The molecule has 1 aliphatic rings. The molecular weight excluding hydrogens is 400 g/mol. The highest BCUT2D eigenvalue weighted by molar-refractivity contribution is 6.21. The van der Waals surface area contributed by atoms with E-state index in [-0.39, 0.29) is 6.54 Å². The van der Waals surface area contributed by atoms with Crippen LogP contribution in [-0.2, 0) is 11.3 Å². The summed E-state index contributed by atoms with van der Waals surface area (Å²) in [7, 11) is 0. The predicted octanol–water partition coefficient (Wildman–Crippen LogP) is 3.07. The molecule has 0 aliphatic carbocycles. The summed E-state index contributed by atoms with van der Waals surface area (Å²) in [4.78, 5) is 50.8. The zero-order valence-corrected chi connectivity index (χ0v) is 17.2. The Morgan fingerprint density at radius 2 is 1.68 bits per heavy atom. The van der Waals surface area contributed by atoms with E-state index in [1.54, 1.807) is 57.2 Å². The van der Waals surface area contributed by atoms with Crippen LogP contribution in [0, 0.1) is 0 Å². The molecule has 9 nitrogen and oxygen atoms in total. The number of carbonyl (C=O) groups excluding carboxylic acids is 3. The highest BCUT2D eigenvalue weighted by atomic mass is 16.6. The molecule has 0 atom stereocenters. The number of anilines is 1. The number of hydrogen-bond acceptors (Lipinski definition) is 6. The molecule has 0 unspecified atom stereocenters. The van der Waals surface area contributed by atoms with Crippen LogP contribution in [0.2, 0.25) is 0 Å². The molecule has 4 rings (SSSR count). The van der Waals surface area contributed by atoms with Gasteiger partial charge in [0.1, 0.15) is 5.60 Å². The van der Waals surface area contributed by atoms with Crippen LogP contribution in [0.25, 0.3) is 10.8 Å². The summed E-state index contributed by atoms with van der Waals surface area (Å²) < 4.78 is 5.25. The van der Waals surface area contributed by atoms with Crippen LogP contribution in [0.1, 0.15) is 47.2 Å². The molecule has 0 saturated heterocycles. The van der Waals surface area contributed by atoms with Gasteiger partial charge in [-0.15, -0.1) is 0 Å². The average Bonchev–Trinajstić information content (AvgIpc) is 2.93. The lowest BCUT2D eigenvalue weighted by Crippen LogP contribution is -2.30. The number of nitrogens with one attached hydrogen (secondary N) is 2. The number of aromatic amines is 1. The monoisotopic (exact) mass is 420 g/mol. The molecule has 2 heterocycles. The second-order valence-corrected chi connectivity index (χ2v) is 8.13. The van der Waals surface area contributed by atoms with Gasteiger partial charge in [-0.2, -0.15) is 5.10 Å². The molecule has 2 aromatic carbocycles. The summed E-state index contributed by atoms with van der Waals surface area (Å²) in [5.74, 6) is -0.852. The van der Waals surface area contributed by atoms with Crippen LogP contribution in [0.3, 0.4) is 0 Å². The van der Waals surface area contributed by atoms with Crippen LogP contribution >= 0.6 is 0 Å². The molecule has 0 bridgehead atoms. The Balaban J connectivity index is 1.68. The highest BCUT2D eigenvalue weighted by Crippen LogP contribution is 2.26. The van der Waals surface area contributed by atoms with E-state index in [9.17, 15) is 19.2 Å². The smallest absolute Gasteiger partial charge is 0.412 e. The molecule has 3 amide bonds. The third-order valence-electron chi connectivity index (χ3n) is 4.70. The van der Waals surface area contributed by atoms with E-state index in [1.807, 2.05) is 0 Å². The minimum Gasteiger partial charge on any atom is -0.444 e. The average molecular weight is 420 g/mol. The first-order valence-electron chi connectivity index (χ1n) is 9.60. The normalized spacial score (nSPS) is 13.5. The van der Waals surface area contributed by atoms with Gasteiger partial charge in [0.2, 0.25) is 0 Å². The Bertz CT molecular complexity index is 1250. The Kier molecular flexibility index (Phi) is 4.81. The van der Waals surface area contributed by atoms with E-state index in [0.717, 1.165) is 4.90 Å². The van der Waals surface area contributed by atoms with Crippen molar-refractivity contribution in [1.82, 2.24) is 15.1 Å². The van der Waals surface area contributed by atoms with Gasteiger partial charge in [-0.1, -0.05) is 12.1 Å².